The van der Waals surface area contributed by atoms with Gasteiger partial charge in [-0.25, -0.2) is 9.59 Å². The molecule has 9 nitrogen and oxygen atoms in total. The van der Waals surface area contributed by atoms with Crippen molar-refractivity contribution in [2.24, 2.45) is 5.92 Å². The van der Waals surface area contributed by atoms with Crippen molar-refractivity contribution in [3.63, 3.8) is 0 Å². The zero-order valence-electron chi connectivity index (χ0n) is 17.9. The summed E-state index contributed by atoms with van der Waals surface area (Å²) in [6.45, 7) is 7.20. The monoisotopic (exact) mass is 427 g/mol. The van der Waals surface area contributed by atoms with Crippen LogP contribution in [-0.4, -0.2) is 30.1 Å². The van der Waals surface area contributed by atoms with Crippen LogP contribution in [0, 0.1) is 27.4 Å². The summed E-state index contributed by atoms with van der Waals surface area (Å²) in [5.74, 6) is -2.15. The van der Waals surface area contributed by atoms with Crippen LogP contribution in [0.2, 0.25) is 0 Å². The molecule has 1 atom stereocenters. The molecule has 0 radical (unpaired) electrons. The molecule has 0 aromatic heterocycles. The van der Waals surface area contributed by atoms with E-state index in [1.807, 2.05) is 19.9 Å². The van der Waals surface area contributed by atoms with E-state index in [1.54, 1.807) is 19.9 Å². The van der Waals surface area contributed by atoms with Gasteiger partial charge in [-0.1, -0.05) is 26.0 Å². The van der Waals surface area contributed by atoms with Crippen molar-refractivity contribution < 1.29 is 24.0 Å². The van der Waals surface area contributed by atoms with E-state index < -0.39 is 22.8 Å². The van der Waals surface area contributed by atoms with E-state index in [1.165, 1.54) is 18.2 Å². The maximum atomic E-state index is 13.0. The summed E-state index contributed by atoms with van der Waals surface area (Å²) < 4.78 is 10.6. The van der Waals surface area contributed by atoms with Gasteiger partial charge in [-0.05, 0) is 25.3 Å². The first kappa shape index (κ1) is 23.6. The lowest BCUT2D eigenvalue weighted by atomic mass is 9.80. The highest BCUT2D eigenvalue weighted by Gasteiger charge is 2.38. The van der Waals surface area contributed by atoms with E-state index in [-0.39, 0.29) is 42.4 Å². The second-order valence-corrected chi connectivity index (χ2v) is 7.52. The molecule has 9 heteroatoms. The Morgan fingerprint density at radius 2 is 1.81 bits per heavy atom. The number of allylic oxidation sites excluding steroid dienone is 2. The molecule has 31 heavy (non-hydrogen) atoms. The quantitative estimate of drug-likeness (QED) is 0.289. The van der Waals surface area contributed by atoms with Gasteiger partial charge in [0.05, 0.1) is 41.1 Å². The smallest absolute Gasteiger partial charge is 0.336 e. The minimum absolute atomic E-state index is 0.0190. The number of benzene rings is 1. The van der Waals surface area contributed by atoms with Gasteiger partial charge >= 0.3 is 11.9 Å². The Morgan fingerprint density at radius 3 is 2.35 bits per heavy atom. The molecule has 1 unspecified atom stereocenters. The predicted molar refractivity (Wildman–Crippen MR) is 111 cm³/mol. The summed E-state index contributed by atoms with van der Waals surface area (Å²) in [4.78, 5) is 36.6. The Morgan fingerprint density at radius 1 is 1.19 bits per heavy atom. The van der Waals surface area contributed by atoms with Crippen LogP contribution in [0.1, 0.15) is 45.6 Å². The van der Waals surface area contributed by atoms with Crippen molar-refractivity contribution in [1.82, 2.24) is 5.32 Å². The third-order valence-corrected chi connectivity index (χ3v) is 4.61. The number of carbonyl (C=O) groups excluding carboxylic acids is 2. The number of dihydropyridines is 1. The number of hydrogen-bond acceptors (Lipinski definition) is 8. The summed E-state index contributed by atoms with van der Waals surface area (Å²) in [6, 6.07) is 7.66. The lowest BCUT2D eigenvalue weighted by Crippen LogP contribution is -2.33. The zero-order valence-corrected chi connectivity index (χ0v) is 17.9. The largest absolute Gasteiger partial charge is 0.462 e. The molecule has 0 bridgehead atoms. The molecule has 0 fully saturated rings. The number of nitriles is 1. The zero-order chi connectivity index (χ0) is 23.1. The minimum atomic E-state index is -0.921. The summed E-state index contributed by atoms with van der Waals surface area (Å²) in [5.41, 5.74) is 1.48. The Kier molecular flexibility index (Phi) is 7.91. The third-order valence-electron chi connectivity index (χ3n) is 4.61. The third kappa shape index (κ3) is 5.69. The van der Waals surface area contributed by atoms with Gasteiger partial charge in [-0.3, -0.25) is 10.1 Å². The number of esters is 2. The van der Waals surface area contributed by atoms with Gasteiger partial charge in [0, 0.05) is 23.5 Å². The maximum Gasteiger partial charge on any atom is 0.336 e. The van der Waals surface area contributed by atoms with Gasteiger partial charge in [0.15, 0.2) is 0 Å². The molecule has 1 N–H and O–H groups in total. The fraction of sp³-hybridized carbons (Fsp3) is 0.409. The number of nitrogens with zero attached hydrogens (tertiary/aromatic N) is 2. The van der Waals surface area contributed by atoms with Crippen LogP contribution >= 0.6 is 0 Å². The number of hydrogen-bond donors (Lipinski definition) is 1. The maximum absolute atomic E-state index is 13.0. The van der Waals surface area contributed by atoms with Crippen LogP contribution < -0.4 is 5.32 Å². The number of nitrogens with one attached hydrogen (secondary N) is 1. The SMILES string of the molecule is CC1=C(C(=O)OCCC#N)C(c2cccc([N+](=O)[O-])c2)C(C(=O)OCC(C)C)=C(C)N1. The van der Waals surface area contributed by atoms with Gasteiger partial charge < -0.3 is 14.8 Å². The first-order chi connectivity index (χ1) is 14.7. The van der Waals surface area contributed by atoms with Crippen molar-refractivity contribution in [1.29, 1.82) is 5.26 Å². The molecule has 0 saturated carbocycles. The van der Waals surface area contributed by atoms with Crippen molar-refractivity contribution in [3.05, 3.63) is 62.5 Å². The average Bonchev–Trinajstić information content (AvgIpc) is 2.71. The normalized spacial score (nSPS) is 15.9. The molecule has 0 aliphatic carbocycles. The number of carbonyl (C=O) groups is 2. The van der Waals surface area contributed by atoms with Gasteiger partial charge in [-0.15, -0.1) is 0 Å². The van der Waals surface area contributed by atoms with Crippen LogP contribution in [0.25, 0.3) is 0 Å². The predicted octanol–water partition coefficient (Wildman–Crippen LogP) is 3.49. The lowest BCUT2D eigenvalue weighted by molar-refractivity contribution is -0.384. The first-order valence-electron chi connectivity index (χ1n) is 9.81. The van der Waals surface area contributed by atoms with Crippen LogP contribution in [0.4, 0.5) is 5.69 Å². The van der Waals surface area contributed by atoms with Gasteiger partial charge in [0.1, 0.15) is 6.61 Å². The summed E-state index contributed by atoms with van der Waals surface area (Å²) in [7, 11) is 0. The molecule has 2 rings (SSSR count). The van der Waals surface area contributed by atoms with Crippen LogP contribution in [0.15, 0.2) is 46.8 Å². The highest BCUT2D eigenvalue weighted by molar-refractivity contribution is 6.00. The van der Waals surface area contributed by atoms with E-state index in [0.29, 0.717) is 17.0 Å². The van der Waals surface area contributed by atoms with Crippen LogP contribution in [0.3, 0.4) is 0 Å². The van der Waals surface area contributed by atoms with Crippen LogP contribution in [0.5, 0.6) is 0 Å². The summed E-state index contributed by atoms with van der Waals surface area (Å²) in [5, 5.41) is 23.0. The molecule has 1 aliphatic rings. The van der Waals surface area contributed by atoms with Crippen molar-refractivity contribution in [3.8, 4) is 6.07 Å². The molecule has 1 aliphatic heterocycles. The van der Waals surface area contributed by atoms with Crippen LogP contribution in [-0.2, 0) is 19.1 Å². The summed E-state index contributed by atoms with van der Waals surface area (Å²) >= 11 is 0. The number of rotatable bonds is 8. The Hall–Kier alpha value is -3.67. The number of nitro groups is 1. The molecule has 0 amide bonds. The van der Waals surface area contributed by atoms with Crippen molar-refractivity contribution >= 4 is 17.6 Å². The highest BCUT2D eigenvalue weighted by atomic mass is 16.6. The van der Waals surface area contributed by atoms with Crippen molar-refractivity contribution in [2.75, 3.05) is 13.2 Å². The average molecular weight is 427 g/mol. The fourth-order valence-corrected chi connectivity index (χ4v) is 3.27. The second-order valence-electron chi connectivity index (χ2n) is 7.52. The summed E-state index contributed by atoms with van der Waals surface area (Å²) in [6.07, 6.45) is 0.0190. The van der Waals surface area contributed by atoms with Crippen molar-refractivity contribution in [2.45, 2.75) is 40.0 Å². The van der Waals surface area contributed by atoms with Gasteiger partial charge in [-0.2, -0.15) is 5.26 Å². The highest BCUT2D eigenvalue weighted by Crippen LogP contribution is 2.40. The molecule has 0 spiro atoms. The van der Waals surface area contributed by atoms with Gasteiger partial charge in [0.2, 0.25) is 0 Å². The molecule has 1 aromatic carbocycles. The van der Waals surface area contributed by atoms with E-state index in [9.17, 15) is 19.7 Å². The van der Waals surface area contributed by atoms with E-state index in [0.717, 1.165) is 0 Å². The Labute approximate surface area is 180 Å². The van der Waals surface area contributed by atoms with E-state index in [4.69, 9.17) is 14.7 Å². The first-order valence-corrected chi connectivity index (χ1v) is 9.81. The number of non-ortho nitro benzene ring substituents is 1. The van der Waals surface area contributed by atoms with E-state index in [2.05, 4.69) is 5.32 Å². The Bertz CT molecular complexity index is 987. The lowest BCUT2D eigenvalue weighted by Gasteiger charge is -2.30. The Balaban J connectivity index is 2.58. The van der Waals surface area contributed by atoms with E-state index >= 15 is 0 Å². The molecule has 1 heterocycles. The fourth-order valence-electron chi connectivity index (χ4n) is 3.27. The standard InChI is InChI=1S/C22H25N3O6/c1-13(2)12-31-22(27)19-15(4)24-14(3)18(21(26)30-10-6-9-23)20(19)16-7-5-8-17(11-16)25(28)29/h5,7-8,11,13,20,24H,6,10,12H2,1-4H3. The minimum Gasteiger partial charge on any atom is -0.462 e. The number of nitro benzene ring substituents is 1. The molecule has 1 aromatic rings. The van der Waals surface area contributed by atoms with Gasteiger partial charge in [0.25, 0.3) is 5.69 Å². The molecule has 164 valence electrons. The molecular formula is C22H25N3O6. The molecular weight excluding hydrogens is 402 g/mol. The molecule has 0 saturated heterocycles. The number of ether oxygens (including phenoxy) is 2. The topological polar surface area (TPSA) is 132 Å². The second kappa shape index (κ2) is 10.4.